The standard InChI is InChI=1S/C14H17BrFN3S/c1-9(2)8-17-6-5-13-18-19-14(20-13)11-4-3-10(15)7-12(11)16/h3-4,7,9,17H,5-6,8H2,1-2H3. The third-order valence-corrected chi connectivity index (χ3v) is 4.21. The van der Waals surface area contributed by atoms with Crippen molar-refractivity contribution in [2.45, 2.75) is 20.3 Å². The highest BCUT2D eigenvalue weighted by Gasteiger charge is 2.11. The average molecular weight is 358 g/mol. The monoisotopic (exact) mass is 357 g/mol. The first kappa shape index (κ1) is 15.5. The largest absolute Gasteiger partial charge is 0.316 e. The Morgan fingerprint density at radius 2 is 2.15 bits per heavy atom. The van der Waals surface area contributed by atoms with Crippen molar-refractivity contribution in [1.29, 1.82) is 0 Å². The molecule has 6 heteroatoms. The van der Waals surface area contributed by atoms with Crippen LogP contribution >= 0.6 is 27.3 Å². The summed E-state index contributed by atoms with van der Waals surface area (Å²) in [5, 5.41) is 13.1. The molecule has 0 fully saturated rings. The number of hydrogen-bond acceptors (Lipinski definition) is 4. The van der Waals surface area contributed by atoms with Crippen LogP contribution in [-0.2, 0) is 6.42 Å². The summed E-state index contributed by atoms with van der Waals surface area (Å²) in [4.78, 5) is 0. The van der Waals surface area contributed by atoms with Crippen LogP contribution in [0.4, 0.5) is 4.39 Å². The summed E-state index contributed by atoms with van der Waals surface area (Å²) < 4.78 is 14.6. The summed E-state index contributed by atoms with van der Waals surface area (Å²) in [5.74, 6) is 0.358. The van der Waals surface area contributed by atoms with Crippen molar-refractivity contribution in [2.75, 3.05) is 13.1 Å². The first-order valence-corrected chi connectivity index (χ1v) is 8.15. The molecule has 1 aromatic heterocycles. The Morgan fingerprint density at radius 3 is 2.85 bits per heavy atom. The second kappa shape index (κ2) is 7.24. The first-order valence-electron chi connectivity index (χ1n) is 6.55. The van der Waals surface area contributed by atoms with Gasteiger partial charge in [0.25, 0.3) is 0 Å². The zero-order valence-corrected chi connectivity index (χ0v) is 13.9. The van der Waals surface area contributed by atoms with Crippen LogP contribution in [-0.4, -0.2) is 23.3 Å². The minimum Gasteiger partial charge on any atom is -0.316 e. The van der Waals surface area contributed by atoms with Crippen LogP contribution < -0.4 is 5.32 Å². The molecule has 0 saturated heterocycles. The van der Waals surface area contributed by atoms with Gasteiger partial charge in [-0.15, -0.1) is 10.2 Å². The third kappa shape index (κ3) is 4.33. The summed E-state index contributed by atoms with van der Waals surface area (Å²) in [6, 6.07) is 4.98. The molecule has 1 N–H and O–H groups in total. The molecule has 2 aromatic rings. The van der Waals surface area contributed by atoms with E-state index in [9.17, 15) is 4.39 Å². The first-order chi connectivity index (χ1) is 9.56. The van der Waals surface area contributed by atoms with Gasteiger partial charge in [0.1, 0.15) is 10.8 Å². The van der Waals surface area contributed by atoms with Gasteiger partial charge in [-0.1, -0.05) is 41.1 Å². The van der Waals surface area contributed by atoms with Crippen LogP contribution in [0.2, 0.25) is 0 Å². The summed E-state index contributed by atoms with van der Waals surface area (Å²) in [7, 11) is 0. The summed E-state index contributed by atoms with van der Waals surface area (Å²) in [5.41, 5.74) is 0.507. The molecule has 20 heavy (non-hydrogen) atoms. The van der Waals surface area contributed by atoms with E-state index >= 15 is 0 Å². The third-order valence-electron chi connectivity index (χ3n) is 2.70. The number of hydrogen-bond donors (Lipinski definition) is 1. The molecule has 0 bridgehead atoms. The molecular formula is C14H17BrFN3S. The van der Waals surface area contributed by atoms with Crippen molar-refractivity contribution in [3.8, 4) is 10.6 Å². The van der Waals surface area contributed by atoms with E-state index in [1.807, 2.05) is 6.07 Å². The number of rotatable bonds is 6. The molecule has 0 saturated carbocycles. The van der Waals surface area contributed by atoms with Crippen molar-refractivity contribution >= 4 is 27.3 Å². The number of benzene rings is 1. The van der Waals surface area contributed by atoms with Crippen molar-refractivity contribution in [3.05, 3.63) is 33.5 Å². The van der Waals surface area contributed by atoms with Gasteiger partial charge in [-0.25, -0.2) is 4.39 Å². The van der Waals surface area contributed by atoms with E-state index in [-0.39, 0.29) is 5.82 Å². The van der Waals surface area contributed by atoms with Gasteiger partial charge in [0.2, 0.25) is 0 Å². The maximum absolute atomic E-state index is 13.8. The molecule has 0 atom stereocenters. The fourth-order valence-corrected chi connectivity index (χ4v) is 2.91. The number of nitrogens with zero attached hydrogens (tertiary/aromatic N) is 2. The highest BCUT2D eigenvalue weighted by atomic mass is 79.9. The Morgan fingerprint density at radius 1 is 1.35 bits per heavy atom. The second-order valence-corrected chi connectivity index (χ2v) is 6.95. The minimum absolute atomic E-state index is 0.278. The molecule has 0 amide bonds. The van der Waals surface area contributed by atoms with Crippen molar-refractivity contribution in [3.63, 3.8) is 0 Å². The fraction of sp³-hybridized carbons (Fsp3) is 0.429. The van der Waals surface area contributed by atoms with Crippen LogP contribution in [0.15, 0.2) is 22.7 Å². The van der Waals surface area contributed by atoms with E-state index in [2.05, 4.69) is 45.3 Å². The molecule has 108 valence electrons. The van der Waals surface area contributed by atoms with Gasteiger partial charge in [-0.05, 0) is 30.7 Å². The van der Waals surface area contributed by atoms with Crippen LogP contribution in [0.25, 0.3) is 10.6 Å². The van der Waals surface area contributed by atoms with Crippen LogP contribution in [0.3, 0.4) is 0 Å². The van der Waals surface area contributed by atoms with Crippen molar-refractivity contribution in [1.82, 2.24) is 15.5 Å². The topological polar surface area (TPSA) is 37.8 Å². The smallest absolute Gasteiger partial charge is 0.150 e. The molecule has 0 unspecified atom stereocenters. The molecule has 2 rings (SSSR count). The second-order valence-electron chi connectivity index (χ2n) is 4.97. The van der Waals surface area contributed by atoms with E-state index in [1.165, 1.54) is 17.4 Å². The molecular weight excluding hydrogens is 341 g/mol. The summed E-state index contributed by atoms with van der Waals surface area (Å²) in [6.45, 7) is 6.21. The molecule has 3 nitrogen and oxygen atoms in total. The van der Waals surface area contributed by atoms with Gasteiger partial charge in [-0.2, -0.15) is 0 Å². The molecule has 1 heterocycles. The Kier molecular flexibility index (Phi) is 5.63. The van der Waals surface area contributed by atoms with Crippen LogP contribution in [0, 0.1) is 11.7 Å². The van der Waals surface area contributed by atoms with E-state index in [0.29, 0.717) is 16.5 Å². The van der Waals surface area contributed by atoms with Gasteiger partial charge in [0.15, 0.2) is 5.01 Å². The Hall–Kier alpha value is -0.850. The van der Waals surface area contributed by atoms with Crippen molar-refractivity contribution in [2.24, 2.45) is 5.92 Å². The van der Waals surface area contributed by atoms with Crippen molar-refractivity contribution < 1.29 is 4.39 Å². The van der Waals surface area contributed by atoms with E-state index in [0.717, 1.165) is 29.0 Å². The minimum atomic E-state index is -0.278. The van der Waals surface area contributed by atoms with Crippen LogP contribution in [0.1, 0.15) is 18.9 Å². The Labute approximate surface area is 130 Å². The molecule has 0 aliphatic carbocycles. The lowest BCUT2D eigenvalue weighted by Crippen LogP contribution is -2.22. The van der Waals surface area contributed by atoms with Gasteiger partial charge < -0.3 is 5.32 Å². The van der Waals surface area contributed by atoms with Gasteiger partial charge in [0, 0.05) is 23.0 Å². The maximum atomic E-state index is 13.8. The van der Waals surface area contributed by atoms with E-state index in [1.54, 1.807) is 6.07 Å². The molecule has 0 spiro atoms. The molecule has 0 aliphatic heterocycles. The Balaban J connectivity index is 1.98. The Bertz CT molecular complexity index is 571. The van der Waals surface area contributed by atoms with Gasteiger partial charge >= 0.3 is 0 Å². The predicted molar refractivity (Wildman–Crippen MR) is 84.4 cm³/mol. The number of aromatic nitrogens is 2. The molecule has 0 aliphatic rings. The lowest BCUT2D eigenvalue weighted by molar-refractivity contribution is 0.553. The van der Waals surface area contributed by atoms with Gasteiger partial charge in [0.05, 0.1) is 0 Å². The van der Waals surface area contributed by atoms with Crippen LogP contribution in [0.5, 0.6) is 0 Å². The normalized spacial score (nSPS) is 11.2. The average Bonchev–Trinajstić information content (AvgIpc) is 2.83. The quantitative estimate of drug-likeness (QED) is 0.796. The molecule has 0 radical (unpaired) electrons. The maximum Gasteiger partial charge on any atom is 0.150 e. The van der Waals surface area contributed by atoms with Gasteiger partial charge in [-0.3, -0.25) is 0 Å². The highest BCUT2D eigenvalue weighted by molar-refractivity contribution is 9.10. The number of nitrogens with one attached hydrogen (secondary N) is 1. The summed E-state index contributed by atoms with van der Waals surface area (Å²) >= 11 is 4.69. The van der Waals surface area contributed by atoms with E-state index in [4.69, 9.17) is 0 Å². The highest BCUT2D eigenvalue weighted by Crippen LogP contribution is 2.28. The zero-order valence-electron chi connectivity index (χ0n) is 11.5. The van der Waals surface area contributed by atoms with E-state index < -0.39 is 0 Å². The SMILES string of the molecule is CC(C)CNCCc1nnc(-c2ccc(Br)cc2F)s1. The fourth-order valence-electron chi connectivity index (χ4n) is 1.71. The zero-order chi connectivity index (χ0) is 14.5. The lowest BCUT2D eigenvalue weighted by Gasteiger charge is -2.05. The summed E-state index contributed by atoms with van der Waals surface area (Å²) in [6.07, 6.45) is 0.822. The lowest BCUT2D eigenvalue weighted by atomic mass is 10.2. The number of halogens is 2. The predicted octanol–water partition coefficient (Wildman–Crippen LogP) is 3.89. The molecule has 1 aromatic carbocycles.